The number of carbonyl (C=O) groups is 1. The van der Waals surface area contributed by atoms with E-state index < -0.39 is 0 Å². The average molecular weight is 394 g/mol. The summed E-state index contributed by atoms with van der Waals surface area (Å²) in [6.07, 6.45) is 1.62. The van der Waals surface area contributed by atoms with E-state index in [-0.39, 0.29) is 5.91 Å². The van der Waals surface area contributed by atoms with Crippen LogP contribution in [0.25, 0.3) is 10.9 Å². The smallest absolute Gasteiger partial charge is 0.227 e. The fraction of sp³-hybridized carbons (Fsp3) is 0.348. The van der Waals surface area contributed by atoms with Crippen LogP contribution >= 0.6 is 11.8 Å². The van der Waals surface area contributed by atoms with Gasteiger partial charge in [0.05, 0.1) is 11.4 Å². The van der Waals surface area contributed by atoms with Gasteiger partial charge >= 0.3 is 0 Å². The number of aromatic nitrogens is 1. The molecule has 28 heavy (non-hydrogen) atoms. The van der Waals surface area contributed by atoms with Crippen molar-refractivity contribution in [3.8, 4) is 0 Å². The molecular weight excluding hydrogens is 366 g/mol. The van der Waals surface area contributed by atoms with Crippen molar-refractivity contribution in [2.24, 2.45) is 0 Å². The van der Waals surface area contributed by atoms with Crippen LogP contribution in [0.2, 0.25) is 0 Å². The van der Waals surface area contributed by atoms with Crippen LogP contribution in [0.15, 0.2) is 64.5 Å². The molecule has 1 amide bonds. The Labute approximate surface area is 170 Å². The summed E-state index contributed by atoms with van der Waals surface area (Å²) in [5.74, 6) is 0.232. The number of hydrogen-bond donors (Lipinski definition) is 1. The Hall–Kier alpha value is -2.24. The molecule has 4 rings (SSSR count). The fourth-order valence-electron chi connectivity index (χ4n) is 3.84. The Kier molecular flexibility index (Phi) is 6.03. The number of para-hydroxylation sites is 1. The summed E-state index contributed by atoms with van der Waals surface area (Å²) in [6, 6.07) is 18.6. The van der Waals surface area contributed by atoms with Crippen molar-refractivity contribution in [3.63, 3.8) is 0 Å². The zero-order valence-corrected chi connectivity index (χ0v) is 17.2. The van der Waals surface area contributed by atoms with E-state index in [1.165, 1.54) is 11.3 Å². The first-order valence-corrected chi connectivity index (χ1v) is 10.9. The third-order valence-electron chi connectivity index (χ3n) is 5.33. The highest BCUT2D eigenvalue weighted by molar-refractivity contribution is 7.99. The van der Waals surface area contributed by atoms with Gasteiger partial charge in [-0.1, -0.05) is 55.1 Å². The van der Waals surface area contributed by atoms with Crippen molar-refractivity contribution >= 4 is 28.6 Å². The molecule has 0 aliphatic carbocycles. The maximum atomic E-state index is 13.1. The van der Waals surface area contributed by atoms with Gasteiger partial charge in [0.25, 0.3) is 0 Å². The lowest BCUT2D eigenvalue weighted by Crippen LogP contribution is -2.49. The van der Waals surface area contributed by atoms with Gasteiger partial charge in [-0.15, -0.1) is 0 Å². The molecule has 1 aliphatic rings. The average Bonchev–Trinajstić information content (AvgIpc) is 3.06. The number of amides is 1. The number of H-pyrrole nitrogens is 1. The Balaban J connectivity index is 1.54. The molecule has 3 aromatic rings. The molecule has 1 aromatic heterocycles. The summed E-state index contributed by atoms with van der Waals surface area (Å²) in [4.78, 5) is 22.3. The summed E-state index contributed by atoms with van der Waals surface area (Å²) in [7, 11) is 0. The molecule has 0 saturated carbocycles. The summed E-state index contributed by atoms with van der Waals surface area (Å²) in [6.45, 7) is 6.98. The Morgan fingerprint density at radius 1 is 1.00 bits per heavy atom. The van der Waals surface area contributed by atoms with Crippen LogP contribution in [0.5, 0.6) is 0 Å². The van der Waals surface area contributed by atoms with E-state index in [1.807, 2.05) is 35.2 Å². The Morgan fingerprint density at radius 3 is 2.46 bits per heavy atom. The minimum atomic E-state index is 0.232. The number of nitrogens with zero attached hydrogens (tertiary/aromatic N) is 2. The molecule has 146 valence electrons. The molecule has 0 atom stereocenters. The van der Waals surface area contributed by atoms with Gasteiger partial charge in [-0.05, 0) is 31.2 Å². The summed E-state index contributed by atoms with van der Waals surface area (Å²) >= 11 is 1.70. The van der Waals surface area contributed by atoms with Crippen LogP contribution in [-0.4, -0.2) is 53.4 Å². The standard InChI is InChI=1S/C23H27N3OS/c1-2-12-25-13-15-26(16-14-25)22(27)17-20-19-10-6-7-11-21(19)24-23(20)28-18-8-4-3-5-9-18/h3-11,24H,2,12-17H2,1H3. The molecule has 2 aromatic carbocycles. The van der Waals surface area contributed by atoms with E-state index in [1.54, 1.807) is 11.8 Å². The van der Waals surface area contributed by atoms with Crippen LogP contribution in [0.4, 0.5) is 0 Å². The second-order valence-electron chi connectivity index (χ2n) is 7.29. The number of piperazine rings is 1. The quantitative estimate of drug-likeness (QED) is 0.674. The topological polar surface area (TPSA) is 39.3 Å². The van der Waals surface area contributed by atoms with Crippen LogP contribution in [-0.2, 0) is 11.2 Å². The van der Waals surface area contributed by atoms with Crippen molar-refractivity contribution in [1.82, 2.24) is 14.8 Å². The number of aromatic amines is 1. The highest BCUT2D eigenvalue weighted by Gasteiger charge is 2.23. The van der Waals surface area contributed by atoms with Crippen molar-refractivity contribution in [3.05, 3.63) is 60.2 Å². The number of nitrogens with one attached hydrogen (secondary N) is 1. The predicted molar refractivity (Wildman–Crippen MR) is 116 cm³/mol. The highest BCUT2D eigenvalue weighted by Crippen LogP contribution is 2.34. The fourth-order valence-corrected chi connectivity index (χ4v) is 4.84. The molecule has 0 radical (unpaired) electrons. The molecule has 1 fully saturated rings. The summed E-state index contributed by atoms with van der Waals surface area (Å²) in [5.41, 5.74) is 2.21. The minimum absolute atomic E-state index is 0.232. The van der Waals surface area contributed by atoms with Crippen LogP contribution in [0, 0.1) is 0 Å². The Bertz CT molecular complexity index is 929. The second-order valence-corrected chi connectivity index (χ2v) is 8.38. The largest absolute Gasteiger partial charge is 0.349 e. The van der Waals surface area contributed by atoms with Crippen LogP contribution in [0.1, 0.15) is 18.9 Å². The molecule has 1 aliphatic heterocycles. The van der Waals surface area contributed by atoms with E-state index in [4.69, 9.17) is 0 Å². The number of hydrogen-bond acceptors (Lipinski definition) is 3. The van der Waals surface area contributed by atoms with Crippen LogP contribution < -0.4 is 0 Å². The lowest BCUT2D eigenvalue weighted by atomic mass is 10.1. The minimum Gasteiger partial charge on any atom is -0.349 e. The normalized spacial score (nSPS) is 15.2. The van der Waals surface area contributed by atoms with Gasteiger partial charge in [0, 0.05) is 47.5 Å². The zero-order chi connectivity index (χ0) is 19.3. The third-order valence-corrected chi connectivity index (χ3v) is 6.39. The van der Waals surface area contributed by atoms with Crippen molar-refractivity contribution in [1.29, 1.82) is 0 Å². The van der Waals surface area contributed by atoms with Gasteiger partial charge in [0.2, 0.25) is 5.91 Å². The molecule has 0 unspecified atom stereocenters. The van der Waals surface area contributed by atoms with Crippen LogP contribution in [0.3, 0.4) is 0 Å². The third kappa shape index (κ3) is 4.26. The predicted octanol–water partition coefficient (Wildman–Crippen LogP) is 4.42. The van der Waals surface area contributed by atoms with Gasteiger partial charge < -0.3 is 9.88 Å². The lowest BCUT2D eigenvalue weighted by Gasteiger charge is -2.34. The van der Waals surface area contributed by atoms with Crippen molar-refractivity contribution in [2.75, 3.05) is 32.7 Å². The van der Waals surface area contributed by atoms with Gasteiger partial charge in [0.1, 0.15) is 0 Å². The number of fused-ring (bicyclic) bond motifs is 1. The van der Waals surface area contributed by atoms with E-state index >= 15 is 0 Å². The monoisotopic (exact) mass is 393 g/mol. The highest BCUT2D eigenvalue weighted by atomic mass is 32.2. The van der Waals surface area contributed by atoms with Crippen molar-refractivity contribution in [2.45, 2.75) is 29.7 Å². The lowest BCUT2D eigenvalue weighted by molar-refractivity contribution is -0.132. The maximum absolute atomic E-state index is 13.1. The first kappa shape index (κ1) is 19.1. The first-order valence-electron chi connectivity index (χ1n) is 10.1. The van der Waals surface area contributed by atoms with Gasteiger partial charge in [-0.3, -0.25) is 9.69 Å². The summed E-state index contributed by atoms with van der Waals surface area (Å²) < 4.78 is 0. The first-order chi connectivity index (χ1) is 13.7. The molecule has 1 N–H and O–H groups in total. The molecular formula is C23H27N3OS. The van der Waals surface area contributed by atoms with Gasteiger partial charge in [0.15, 0.2) is 0 Å². The number of benzene rings is 2. The second kappa shape index (κ2) is 8.84. The van der Waals surface area contributed by atoms with E-state index in [2.05, 4.69) is 41.1 Å². The molecule has 1 saturated heterocycles. The maximum Gasteiger partial charge on any atom is 0.227 e. The number of rotatable bonds is 6. The van der Waals surface area contributed by atoms with Gasteiger partial charge in [-0.2, -0.15) is 0 Å². The van der Waals surface area contributed by atoms with E-state index in [0.29, 0.717) is 6.42 Å². The molecule has 0 bridgehead atoms. The number of carbonyl (C=O) groups excluding carboxylic acids is 1. The molecule has 4 nitrogen and oxygen atoms in total. The molecule has 5 heteroatoms. The zero-order valence-electron chi connectivity index (χ0n) is 16.4. The van der Waals surface area contributed by atoms with Crippen molar-refractivity contribution < 1.29 is 4.79 Å². The Morgan fingerprint density at radius 2 is 1.71 bits per heavy atom. The summed E-state index contributed by atoms with van der Waals surface area (Å²) in [5, 5.41) is 2.23. The molecule has 2 heterocycles. The SMILES string of the molecule is CCCN1CCN(C(=O)Cc2c(Sc3ccccc3)[nH]c3ccccc23)CC1. The van der Waals surface area contributed by atoms with E-state index in [9.17, 15) is 4.79 Å². The van der Waals surface area contributed by atoms with Gasteiger partial charge in [-0.25, -0.2) is 0 Å². The van der Waals surface area contributed by atoms with E-state index in [0.717, 1.165) is 54.2 Å². The molecule has 0 spiro atoms.